The Bertz CT molecular complexity index is 536. The van der Waals surface area contributed by atoms with Gasteiger partial charge in [0.15, 0.2) is 0 Å². The lowest BCUT2D eigenvalue weighted by Crippen LogP contribution is -2.50. The predicted octanol–water partition coefficient (Wildman–Crippen LogP) is 1.14. The Morgan fingerprint density at radius 1 is 1.28 bits per heavy atom. The Labute approximate surface area is 154 Å². The van der Waals surface area contributed by atoms with Crippen molar-refractivity contribution in [1.29, 1.82) is 0 Å². The minimum atomic E-state index is -0.593. The van der Waals surface area contributed by atoms with Gasteiger partial charge < -0.3 is 15.2 Å². The number of nitrogens with zero attached hydrogens (tertiary/aromatic N) is 2. The number of aliphatic hydroxyl groups is 1. The van der Waals surface area contributed by atoms with Gasteiger partial charge in [0.05, 0.1) is 12.6 Å². The van der Waals surface area contributed by atoms with Crippen molar-refractivity contribution in [2.75, 3.05) is 59.5 Å². The Morgan fingerprint density at radius 2 is 1.96 bits per heavy atom. The maximum absolute atomic E-state index is 11.9. The number of halogens is 1. The first-order valence-electron chi connectivity index (χ1n) is 8.73. The molecule has 0 bridgehead atoms. The molecule has 0 spiro atoms. The number of amides is 1. The fourth-order valence-corrected chi connectivity index (χ4v) is 3.18. The summed E-state index contributed by atoms with van der Waals surface area (Å²) in [5.74, 6) is 0.0562. The third-order valence-corrected chi connectivity index (χ3v) is 4.72. The normalized spacial score (nSPS) is 17.4. The summed E-state index contributed by atoms with van der Waals surface area (Å²) in [5, 5.41) is 13.9. The highest BCUT2D eigenvalue weighted by molar-refractivity contribution is 6.31. The number of methoxy groups -OCH3 is 1. The molecule has 6 nitrogen and oxygen atoms in total. The number of rotatable bonds is 9. The SMILES string of the molecule is COCCCNC(=O)CN1CCN(CC(O)c2ccccc2Cl)CC1. The van der Waals surface area contributed by atoms with Crippen molar-refractivity contribution in [2.45, 2.75) is 12.5 Å². The number of piperazine rings is 1. The summed E-state index contributed by atoms with van der Waals surface area (Å²) in [6, 6.07) is 7.39. The van der Waals surface area contributed by atoms with Crippen molar-refractivity contribution in [2.24, 2.45) is 0 Å². The third kappa shape index (κ3) is 6.92. The fourth-order valence-electron chi connectivity index (χ4n) is 2.92. The molecule has 1 unspecified atom stereocenters. The molecule has 0 aromatic heterocycles. The molecule has 2 rings (SSSR count). The molecule has 2 N–H and O–H groups in total. The lowest BCUT2D eigenvalue weighted by molar-refractivity contribution is -0.122. The first kappa shape index (κ1) is 20.1. The first-order chi connectivity index (χ1) is 12.1. The van der Waals surface area contributed by atoms with E-state index in [0.717, 1.165) is 38.2 Å². The van der Waals surface area contributed by atoms with Gasteiger partial charge in [-0.2, -0.15) is 0 Å². The van der Waals surface area contributed by atoms with E-state index in [9.17, 15) is 9.90 Å². The standard InChI is InChI=1S/C18H28ClN3O3/c1-25-12-4-7-20-18(24)14-22-10-8-21(9-11-22)13-17(23)15-5-2-3-6-16(15)19/h2-3,5-6,17,23H,4,7-14H2,1H3,(H,20,24). The molecule has 25 heavy (non-hydrogen) atoms. The molecule has 140 valence electrons. The Balaban J connectivity index is 1.67. The van der Waals surface area contributed by atoms with Gasteiger partial charge in [0.1, 0.15) is 0 Å². The van der Waals surface area contributed by atoms with E-state index in [0.29, 0.717) is 31.3 Å². The van der Waals surface area contributed by atoms with Crippen molar-refractivity contribution >= 4 is 17.5 Å². The number of benzene rings is 1. The van der Waals surface area contributed by atoms with E-state index in [-0.39, 0.29) is 5.91 Å². The summed E-state index contributed by atoms with van der Waals surface area (Å²) in [7, 11) is 1.66. The maximum Gasteiger partial charge on any atom is 0.234 e. The first-order valence-corrected chi connectivity index (χ1v) is 9.10. The van der Waals surface area contributed by atoms with E-state index in [2.05, 4.69) is 15.1 Å². The molecular weight excluding hydrogens is 342 g/mol. The zero-order valence-electron chi connectivity index (χ0n) is 14.8. The summed E-state index contributed by atoms with van der Waals surface area (Å²) in [6.07, 6.45) is 0.236. The Kier molecular flexibility index (Phi) is 8.64. The molecule has 1 heterocycles. The van der Waals surface area contributed by atoms with Gasteiger partial charge >= 0.3 is 0 Å². The molecule has 0 saturated carbocycles. The zero-order chi connectivity index (χ0) is 18.1. The van der Waals surface area contributed by atoms with Gasteiger partial charge in [0.2, 0.25) is 5.91 Å². The number of hydrogen-bond acceptors (Lipinski definition) is 5. The highest BCUT2D eigenvalue weighted by atomic mass is 35.5. The molecule has 1 aliphatic rings. The van der Waals surface area contributed by atoms with Crippen LogP contribution in [0.5, 0.6) is 0 Å². The second kappa shape index (κ2) is 10.7. The van der Waals surface area contributed by atoms with E-state index in [1.54, 1.807) is 13.2 Å². The van der Waals surface area contributed by atoms with E-state index < -0.39 is 6.10 Å². The number of nitrogens with one attached hydrogen (secondary N) is 1. The van der Waals surface area contributed by atoms with Crippen molar-refractivity contribution in [3.63, 3.8) is 0 Å². The topological polar surface area (TPSA) is 65.0 Å². The van der Waals surface area contributed by atoms with Crippen LogP contribution in [0.1, 0.15) is 18.1 Å². The minimum Gasteiger partial charge on any atom is -0.387 e. The van der Waals surface area contributed by atoms with Crippen LogP contribution in [-0.2, 0) is 9.53 Å². The van der Waals surface area contributed by atoms with Gasteiger partial charge in [0, 0.05) is 63.6 Å². The van der Waals surface area contributed by atoms with Gasteiger partial charge in [-0.15, -0.1) is 0 Å². The van der Waals surface area contributed by atoms with Crippen LogP contribution >= 0.6 is 11.6 Å². The van der Waals surface area contributed by atoms with E-state index in [1.807, 2.05) is 18.2 Å². The average molecular weight is 370 g/mol. The van der Waals surface area contributed by atoms with Crippen LogP contribution in [0.25, 0.3) is 0 Å². The number of β-amino-alcohol motifs (C(OH)–C–C–N with tert-alkyl or cyclic N) is 1. The summed E-state index contributed by atoms with van der Waals surface area (Å²) in [5.41, 5.74) is 0.766. The number of carbonyl (C=O) groups excluding carboxylic acids is 1. The monoisotopic (exact) mass is 369 g/mol. The van der Waals surface area contributed by atoms with Crippen LogP contribution in [-0.4, -0.2) is 80.3 Å². The van der Waals surface area contributed by atoms with Gasteiger partial charge in [-0.1, -0.05) is 29.8 Å². The van der Waals surface area contributed by atoms with Gasteiger partial charge in [-0.25, -0.2) is 0 Å². The average Bonchev–Trinajstić information content (AvgIpc) is 2.61. The molecule has 1 aliphatic heterocycles. The largest absolute Gasteiger partial charge is 0.387 e. The van der Waals surface area contributed by atoms with Crippen LogP contribution in [0.2, 0.25) is 5.02 Å². The lowest BCUT2D eigenvalue weighted by atomic mass is 10.1. The fraction of sp³-hybridized carbons (Fsp3) is 0.611. The second-order valence-corrected chi connectivity index (χ2v) is 6.72. The number of aliphatic hydroxyl groups excluding tert-OH is 1. The van der Waals surface area contributed by atoms with Gasteiger partial charge in [0.25, 0.3) is 0 Å². The highest BCUT2D eigenvalue weighted by Crippen LogP contribution is 2.23. The van der Waals surface area contributed by atoms with Gasteiger partial charge in [-0.05, 0) is 12.5 Å². The molecule has 1 fully saturated rings. The van der Waals surface area contributed by atoms with Gasteiger partial charge in [-0.3, -0.25) is 14.6 Å². The van der Waals surface area contributed by atoms with Crippen LogP contribution in [0.15, 0.2) is 24.3 Å². The van der Waals surface area contributed by atoms with Crippen LogP contribution in [0.3, 0.4) is 0 Å². The molecule has 1 amide bonds. The quantitative estimate of drug-likeness (QED) is 0.639. The van der Waals surface area contributed by atoms with Crippen LogP contribution < -0.4 is 5.32 Å². The molecule has 1 aromatic rings. The molecule has 1 aromatic carbocycles. The summed E-state index contributed by atoms with van der Waals surface area (Å²) >= 11 is 6.14. The van der Waals surface area contributed by atoms with E-state index >= 15 is 0 Å². The van der Waals surface area contributed by atoms with Crippen LogP contribution in [0.4, 0.5) is 0 Å². The smallest absolute Gasteiger partial charge is 0.234 e. The zero-order valence-corrected chi connectivity index (χ0v) is 15.5. The molecule has 1 atom stereocenters. The van der Waals surface area contributed by atoms with Crippen molar-refractivity contribution in [3.8, 4) is 0 Å². The molecule has 7 heteroatoms. The highest BCUT2D eigenvalue weighted by Gasteiger charge is 2.22. The predicted molar refractivity (Wildman–Crippen MR) is 98.8 cm³/mol. The maximum atomic E-state index is 11.9. The molecule has 0 radical (unpaired) electrons. The van der Waals surface area contributed by atoms with Crippen molar-refractivity contribution < 1.29 is 14.6 Å². The summed E-state index contributed by atoms with van der Waals surface area (Å²) < 4.78 is 4.96. The lowest BCUT2D eigenvalue weighted by Gasteiger charge is -2.35. The number of hydrogen-bond donors (Lipinski definition) is 2. The van der Waals surface area contributed by atoms with Crippen molar-refractivity contribution in [1.82, 2.24) is 15.1 Å². The molecule has 0 aliphatic carbocycles. The summed E-state index contributed by atoms with van der Waals surface area (Å²) in [6.45, 7) is 5.59. The molecule has 1 saturated heterocycles. The van der Waals surface area contributed by atoms with Crippen LogP contribution in [0, 0.1) is 0 Å². The Morgan fingerprint density at radius 3 is 2.64 bits per heavy atom. The third-order valence-electron chi connectivity index (χ3n) is 4.37. The number of carbonyl (C=O) groups is 1. The minimum absolute atomic E-state index is 0.0562. The van der Waals surface area contributed by atoms with E-state index in [4.69, 9.17) is 16.3 Å². The number of ether oxygens (including phenoxy) is 1. The second-order valence-electron chi connectivity index (χ2n) is 6.31. The molecular formula is C18H28ClN3O3. The Hall–Kier alpha value is -1.18. The summed E-state index contributed by atoms with van der Waals surface area (Å²) in [4.78, 5) is 16.2. The van der Waals surface area contributed by atoms with E-state index in [1.165, 1.54) is 0 Å². The van der Waals surface area contributed by atoms with Crippen molar-refractivity contribution in [3.05, 3.63) is 34.9 Å².